The summed E-state index contributed by atoms with van der Waals surface area (Å²) in [6, 6.07) is 1.91. The third-order valence-corrected chi connectivity index (χ3v) is 5.06. The van der Waals surface area contributed by atoms with Crippen molar-refractivity contribution in [2.45, 2.75) is 39.7 Å². The Balaban J connectivity index is 1.88. The molecule has 1 aromatic rings. The molecule has 4 nitrogen and oxygen atoms in total. The molecule has 1 aromatic heterocycles. The van der Waals surface area contributed by atoms with Crippen LogP contribution in [-0.4, -0.2) is 17.0 Å². The van der Waals surface area contributed by atoms with Crippen molar-refractivity contribution in [3.63, 3.8) is 0 Å². The summed E-state index contributed by atoms with van der Waals surface area (Å²) in [4.78, 5) is 23.8. The van der Waals surface area contributed by atoms with E-state index in [1.807, 2.05) is 11.4 Å². The van der Waals surface area contributed by atoms with Crippen LogP contribution in [0.3, 0.4) is 0 Å². The Bertz CT molecular complexity index is 560. The lowest BCUT2D eigenvalue weighted by atomic mass is 9.81. The Labute approximate surface area is 128 Å². The smallest absolute Gasteiger partial charge is 0.328 e. The number of hydrogen-bond donors (Lipinski definition) is 2. The summed E-state index contributed by atoms with van der Waals surface area (Å²) in [6.45, 7) is 4.82. The molecule has 2 N–H and O–H groups in total. The molecule has 0 bridgehead atoms. The highest BCUT2D eigenvalue weighted by molar-refractivity contribution is 7.10. The molecule has 0 aromatic carbocycles. The van der Waals surface area contributed by atoms with Gasteiger partial charge in [0.2, 0.25) is 5.91 Å². The third-order valence-electron chi connectivity index (χ3n) is 4.10. The molecular formula is C16H21NO3S. The van der Waals surface area contributed by atoms with Gasteiger partial charge in [0.1, 0.15) is 0 Å². The summed E-state index contributed by atoms with van der Waals surface area (Å²) < 4.78 is 0. The first-order valence-corrected chi connectivity index (χ1v) is 8.02. The molecule has 1 aliphatic carbocycles. The van der Waals surface area contributed by atoms with Crippen LogP contribution >= 0.6 is 11.3 Å². The molecule has 1 saturated carbocycles. The van der Waals surface area contributed by atoms with Crippen molar-refractivity contribution in [2.75, 3.05) is 0 Å². The van der Waals surface area contributed by atoms with Crippen molar-refractivity contribution in [3.8, 4) is 0 Å². The Morgan fingerprint density at radius 1 is 1.52 bits per heavy atom. The number of carbonyl (C=O) groups is 2. The zero-order valence-corrected chi connectivity index (χ0v) is 13.2. The van der Waals surface area contributed by atoms with Gasteiger partial charge >= 0.3 is 5.97 Å². The number of rotatable bonds is 5. The summed E-state index contributed by atoms with van der Waals surface area (Å²) in [6.07, 6.45) is 5.87. The van der Waals surface area contributed by atoms with E-state index in [1.165, 1.54) is 11.3 Å². The number of aliphatic carboxylic acids is 1. The van der Waals surface area contributed by atoms with Crippen molar-refractivity contribution in [3.05, 3.63) is 28.0 Å². The van der Waals surface area contributed by atoms with Gasteiger partial charge in [-0.15, -0.1) is 11.3 Å². The molecule has 1 aliphatic rings. The number of thiophene rings is 1. The minimum Gasteiger partial charge on any atom is -0.478 e. The molecule has 0 spiro atoms. The summed E-state index contributed by atoms with van der Waals surface area (Å²) in [5.41, 5.74) is 0.947. The van der Waals surface area contributed by atoms with Crippen LogP contribution in [0.5, 0.6) is 0 Å². The number of hydrogen-bond acceptors (Lipinski definition) is 3. The van der Waals surface area contributed by atoms with Crippen molar-refractivity contribution in [1.82, 2.24) is 5.32 Å². The van der Waals surface area contributed by atoms with Crippen LogP contribution in [0, 0.1) is 11.3 Å². The number of carboxylic acid groups (broad SMARTS) is 1. The van der Waals surface area contributed by atoms with Gasteiger partial charge in [0, 0.05) is 16.9 Å². The van der Waals surface area contributed by atoms with E-state index >= 15 is 0 Å². The summed E-state index contributed by atoms with van der Waals surface area (Å²) in [5, 5.41) is 13.5. The molecule has 1 amide bonds. The van der Waals surface area contributed by atoms with Crippen LogP contribution in [0.15, 0.2) is 17.5 Å². The van der Waals surface area contributed by atoms with Gasteiger partial charge < -0.3 is 10.4 Å². The van der Waals surface area contributed by atoms with Crippen molar-refractivity contribution in [2.24, 2.45) is 11.3 Å². The molecule has 1 fully saturated rings. The molecule has 2 rings (SSSR count). The van der Waals surface area contributed by atoms with E-state index in [0.29, 0.717) is 6.54 Å². The minimum absolute atomic E-state index is 0.0922. The van der Waals surface area contributed by atoms with E-state index in [2.05, 4.69) is 19.2 Å². The van der Waals surface area contributed by atoms with Crippen LogP contribution < -0.4 is 5.32 Å². The van der Waals surface area contributed by atoms with Gasteiger partial charge in [-0.1, -0.05) is 20.3 Å². The Morgan fingerprint density at radius 3 is 2.90 bits per heavy atom. The molecule has 114 valence electrons. The number of carbonyl (C=O) groups excluding carboxylic acids is 1. The zero-order valence-electron chi connectivity index (χ0n) is 12.4. The Hall–Kier alpha value is -1.62. The quantitative estimate of drug-likeness (QED) is 0.820. The molecule has 1 unspecified atom stereocenters. The summed E-state index contributed by atoms with van der Waals surface area (Å²) in [5.74, 6) is -0.725. The topological polar surface area (TPSA) is 66.4 Å². The molecule has 0 aliphatic heterocycles. The second kappa shape index (κ2) is 6.43. The number of nitrogens with one attached hydrogen (secondary N) is 1. The standard InChI is InChI=1S/C16H21NO3S/c1-16(2)7-3-4-13(16)15(20)17-9-12-8-11(10-21-12)5-6-14(18)19/h5-6,8,10,13H,3-4,7,9H2,1-2H3,(H,17,20)(H,18,19)/b6-5+. The van der Waals surface area contributed by atoms with E-state index < -0.39 is 5.97 Å². The Kier molecular flexibility index (Phi) is 4.83. The molecule has 0 radical (unpaired) electrons. The fourth-order valence-electron chi connectivity index (χ4n) is 2.86. The van der Waals surface area contributed by atoms with Gasteiger partial charge in [0.25, 0.3) is 0 Å². The maximum Gasteiger partial charge on any atom is 0.328 e. The molecule has 0 saturated heterocycles. The predicted octanol–water partition coefficient (Wildman–Crippen LogP) is 3.29. The molecular weight excluding hydrogens is 286 g/mol. The first-order chi connectivity index (χ1) is 9.88. The maximum absolute atomic E-state index is 12.3. The van der Waals surface area contributed by atoms with Crippen LogP contribution in [0.2, 0.25) is 0 Å². The van der Waals surface area contributed by atoms with Gasteiger partial charge in [-0.25, -0.2) is 4.79 Å². The monoisotopic (exact) mass is 307 g/mol. The minimum atomic E-state index is -0.959. The lowest BCUT2D eigenvalue weighted by Crippen LogP contribution is -2.35. The van der Waals surface area contributed by atoms with Gasteiger partial charge in [-0.05, 0) is 41.3 Å². The molecule has 1 atom stereocenters. The summed E-state index contributed by atoms with van der Waals surface area (Å²) in [7, 11) is 0. The van der Waals surface area contributed by atoms with Gasteiger partial charge in [0.15, 0.2) is 0 Å². The van der Waals surface area contributed by atoms with E-state index in [4.69, 9.17) is 5.11 Å². The highest BCUT2D eigenvalue weighted by Crippen LogP contribution is 2.42. The largest absolute Gasteiger partial charge is 0.478 e. The van der Waals surface area contributed by atoms with E-state index in [1.54, 1.807) is 6.08 Å². The fraction of sp³-hybridized carbons (Fsp3) is 0.500. The fourth-order valence-corrected chi connectivity index (χ4v) is 3.65. The second-order valence-corrected chi connectivity index (χ2v) is 7.16. The van der Waals surface area contributed by atoms with E-state index in [-0.39, 0.29) is 17.2 Å². The van der Waals surface area contributed by atoms with E-state index in [9.17, 15) is 9.59 Å². The van der Waals surface area contributed by atoms with Crippen LogP contribution in [0.1, 0.15) is 43.6 Å². The average Bonchev–Trinajstić information content (AvgIpc) is 2.99. The Morgan fingerprint density at radius 2 is 2.29 bits per heavy atom. The van der Waals surface area contributed by atoms with Crippen molar-refractivity contribution in [1.29, 1.82) is 0 Å². The average molecular weight is 307 g/mol. The van der Waals surface area contributed by atoms with Gasteiger partial charge in [-0.2, -0.15) is 0 Å². The number of carboxylic acids is 1. The van der Waals surface area contributed by atoms with Crippen LogP contribution in [-0.2, 0) is 16.1 Å². The second-order valence-electron chi connectivity index (χ2n) is 6.17. The van der Waals surface area contributed by atoms with Crippen molar-refractivity contribution >= 4 is 29.3 Å². The van der Waals surface area contributed by atoms with Gasteiger partial charge in [-0.3, -0.25) is 4.79 Å². The first-order valence-electron chi connectivity index (χ1n) is 7.14. The first kappa shape index (κ1) is 15.8. The highest BCUT2D eigenvalue weighted by atomic mass is 32.1. The third kappa shape index (κ3) is 4.17. The molecule has 1 heterocycles. The molecule has 5 heteroatoms. The SMILES string of the molecule is CC1(C)CCCC1C(=O)NCc1cc(/C=C/C(=O)O)cs1. The lowest BCUT2D eigenvalue weighted by Gasteiger charge is -2.25. The predicted molar refractivity (Wildman–Crippen MR) is 84.0 cm³/mol. The lowest BCUT2D eigenvalue weighted by molar-refractivity contribution is -0.131. The van der Waals surface area contributed by atoms with Gasteiger partial charge in [0.05, 0.1) is 6.54 Å². The van der Waals surface area contributed by atoms with Crippen molar-refractivity contribution < 1.29 is 14.7 Å². The number of amides is 1. The highest BCUT2D eigenvalue weighted by Gasteiger charge is 2.38. The van der Waals surface area contributed by atoms with Crippen LogP contribution in [0.4, 0.5) is 0 Å². The van der Waals surface area contributed by atoms with E-state index in [0.717, 1.165) is 35.8 Å². The summed E-state index contributed by atoms with van der Waals surface area (Å²) >= 11 is 1.53. The normalized spacial score (nSPS) is 20.8. The van der Waals surface area contributed by atoms with Crippen LogP contribution in [0.25, 0.3) is 6.08 Å². The zero-order chi connectivity index (χ0) is 15.5. The maximum atomic E-state index is 12.3. The molecule has 21 heavy (non-hydrogen) atoms.